The Hall–Kier alpha value is -1.48. The van der Waals surface area contributed by atoms with Crippen LogP contribution in [0.4, 0.5) is 0 Å². The standard InChI is InChI=1S/C12H11NOS/c1-8-3-5-10(6-4-8)12-13-7-11(15-12)9(2)14/h3-7H,1-2H3. The second-order valence-corrected chi connectivity index (χ2v) is 4.48. The van der Waals surface area contributed by atoms with E-state index in [1.165, 1.54) is 16.9 Å². The molecule has 0 saturated heterocycles. The molecule has 0 aliphatic rings. The maximum Gasteiger partial charge on any atom is 0.171 e. The van der Waals surface area contributed by atoms with Crippen molar-refractivity contribution < 1.29 is 4.79 Å². The van der Waals surface area contributed by atoms with Gasteiger partial charge in [0.2, 0.25) is 0 Å². The average molecular weight is 217 g/mol. The largest absolute Gasteiger partial charge is 0.294 e. The summed E-state index contributed by atoms with van der Waals surface area (Å²) in [5, 5.41) is 0.903. The van der Waals surface area contributed by atoms with E-state index >= 15 is 0 Å². The second kappa shape index (κ2) is 3.95. The molecule has 0 aliphatic heterocycles. The Morgan fingerprint density at radius 1 is 1.27 bits per heavy atom. The number of hydrogen-bond donors (Lipinski definition) is 0. The van der Waals surface area contributed by atoms with Crippen molar-refractivity contribution in [2.45, 2.75) is 13.8 Å². The van der Waals surface area contributed by atoms with Crippen LogP contribution in [0.2, 0.25) is 0 Å². The summed E-state index contributed by atoms with van der Waals surface area (Å²) in [6.45, 7) is 3.61. The molecule has 0 unspecified atom stereocenters. The van der Waals surface area contributed by atoms with Crippen LogP contribution in [0.3, 0.4) is 0 Å². The van der Waals surface area contributed by atoms with Crippen LogP contribution in [-0.4, -0.2) is 10.8 Å². The van der Waals surface area contributed by atoms with Gasteiger partial charge in [-0.25, -0.2) is 4.98 Å². The summed E-state index contributed by atoms with van der Waals surface area (Å²) in [6, 6.07) is 8.14. The molecule has 15 heavy (non-hydrogen) atoms. The molecule has 0 atom stereocenters. The van der Waals surface area contributed by atoms with Crippen molar-refractivity contribution in [1.29, 1.82) is 0 Å². The first-order valence-electron chi connectivity index (χ1n) is 4.70. The summed E-state index contributed by atoms with van der Waals surface area (Å²) in [6.07, 6.45) is 1.64. The van der Waals surface area contributed by atoms with Crippen molar-refractivity contribution in [3.05, 3.63) is 40.9 Å². The molecule has 0 amide bonds. The van der Waals surface area contributed by atoms with Crippen molar-refractivity contribution in [1.82, 2.24) is 4.98 Å². The normalized spacial score (nSPS) is 10.3. The van der Waals surface area contributed by atoms with Gasteiger partial charge >= 0.3 is 0 Å². The molecule has 1 aromatic carbocycles. The first-order valence-corrected chi connectivity index (χ1v) is 5.52. The third-order valence-corrected chi connectivity index (χ3v) is 3.30. The molecule has 2 rings (SSSR count). The van der Waals surface area contributed by atoms with Gasteiger partial charge in [-0.05, 0) is 6.92 Å². The van der Waals surface area contributed by atoms with Crippen molar-refractivity contribution in [3.8, 4) is 10.6 Å². The Kier molecular flexibility index (Phi) is 2.64. The van der Waals surface area contributed by atoms with Crippen molar-refractivity contribution >= 4 is 17.1 Å². The number of nitrogens with zero attached hydrogens (tertiary/aromatic N) is 1. The molecular weight excluding hydrogens is 206 g/mol. The third kappa shape index (κ3) is 2.13. The van der Waals surface area contributed by atoms with Crippen LogP contribution in [0.15, 0.2) is 30.5 Å². The number of aromatic nitrogens is 1. The highest BCUT2D eigenvalue weighted by atomic mass is 32.1. The highest BCUT2D eigenvalue weighted by Crippen LogP contribution is 2.25. The fraction of sp³-hybridized carbons (Fsp3) is 0.167. The zero-order valence-corrected chi connectivity index (χ0v) is 9.47. The van der Waals surface area contributed by atoms with E-state index in [1.807, 2.05) is 31.2 Å². The Morgan fingerprint density at radius 3 is 2.47 bits per heavy atom. The number of carbonyl (C=O) groups excluding carboxylic acids is 1. The molecule has 1 aromatic heterocycles. The smallest absolute Gasteiger partial charge is 0.171 e. The number of benzene rings is 1. The van der Waals surface area contributed by atoms with E-state index in [1.54, 1.807) is 13.1 Å². The van der Waals surface area contributed by atoms with Gasteiger partial charge in [0, 0.05) is 18.7 Å². The van der Waals surface area contributed by atoms with Gasteiger partial charge in [0.15, 0.2) is 5.78 Å². The average Bonchev–Trinajstić information content (AvgIpc) is 2.68. The third-order valence-electron chi connectivity index (χ3n) is 2.15. The molecule has 1 heterocycles. The molecule has 0 N–H and O–H groups in total. The second-order valence-electron chi connectivity index (χ2n) is 3.45. The minimum atomic E-state index is 0.0749. The van der Waals surface area contributed by atoms with Crippen molar-refractivity contribution in [2.75, 3.05) is 0 Å². The van der Waals surface area contributed by atoms with Gasteiger partial charge in [-0.15, -0.1) is 11.3 Å². The number of rotatable bonds is 2. The van der Waals surface area contributed by atoms with Gasteiger partial charge in [0.25, 0.3) is 0 Å². The van der Waals surface area contributed by atoms with Crippen LogP contribution < -0.4 is 0 Å². The number of ketones is 1. The Bertz CT molecular complexity index is 485. The molecule has 0 radical (unpaired) electrons. The van der Waals surface area contributed by atoms with E-state index < -0.39 is 0 Å². The first-order chi connectivity index (χ1) is 7.16. The number of carbonyl (C=O) groups is 1. The summed E-state index contributed by atoms with van der Waals surface area (Å²) in [7, 11) is 0. The minimum Gasteiger partial charge on any atom is -0.294 e. The highest BCUT2D eigenvalue weighted by Gasteiger charge is 2.07. The lowest BCUT2D eigenvalue weighted by Crippen LogP contribution is -1.83. The number of aryl methyl sites for hydroxylation is 1. The van der Waals surface area contributed by atoms with Gasteiger partial charge in [-0.3, -0.25) is 4.79 Å². The lowest BCUT2D eigenvalue weighted by atomic mass is 10.2. The summed E-state index contributed by atoms with van der Waals surface area (Å²) >= 11 is 1.44. The summed E-state index contributed by atoms with van der Waals surface area (Å²) in [5.41, 5.74) is 2.29. The van der Waals surface area contributed by atoms with Crippen molar-refractivity contribution in [3.63, 3.8) is 0 Å². The summed E-state index contributed by atoms with van der Waals surface area (Å²) in [5.74, 6) is 0.0749. The Labute approximate surface area is 92.6 Å². The van der Waals surface area contributed by atoms with Crippen LogP contribution >= 0.6 is 11.3 Å². The van der Waals surface area contributed by atoms with Gasteiger partial charge in [-0.1, -0.05) is 29.8 Å². The van der Waals surface area contributed by atoms with Crippen LogP contribution in [0, 0.1) is 6.92 Å². The first kappa shape index (κ1) is 10.1. The highest BCUT2D eigenvalue weighted by molar-refractivity contribution is 7.16. The molecule has 2 nitrogen and oxygen atoms in total. The topological polar surface area (TPSA) is 30.0 Å². The Balaban J connectivity index is 2.37. The van der Waals surface area contributed by atoms with E-state index in [4.69, 9.17) is 0 Å². The zero-order valence-electron chi connectivity index (χ0n) is 8.65. The monoisotopic (exact) mass is 217 g/mol. The van der Waals surface area contributed by atoms with Crippen LogP contribution in [0.1, 0.15) is 22.2 Å². The molecule has 76 valence electrons. The van der Waals surface area contributed by atoms with Crippen molar-refractivity contribution in [2.24, 2.45) is 0 Å². The molecule has 2 aromatic rings. The molecule has 3 heteroatoms. The van der Waals surface area contributed by atoms with Gasteiger partial charge in [0.05, 0.1) is 4.88 Å². The van der Waals surface area contributed by atoms with E-state index in [-0.39, 0.29) is 5.78 Å². The SMILES string of the molecule is CC(=O)c1cnc(-c2ccc(C)cc2)s1. The van der Waals surface area contributed by atoms with Gasteiger partial charge in [0.1, 0.15) is 5.01 Å². The molecule has 0 fully saturated rings. The maximum absolute atomic E-state index is 11.1. The minimum absolute atomic E-state index is 0.0749. The molecule has 0 saturated carbocycles. The fourth-order valence-electron chi connectivity index (χ4n) is 1.27. The van der Waals surface area contributed by atoms with E-state index in [0.29, 0.717) is 4.88 Å². The molecule has 0 spiro atoms. The van der Waals surface area contributed by atoms with Gasteiger partial charge in [-0.2, -0.15) is 0 Å². The van der Waals surface area contributed by atoms with Gasteiger partial charge < -0.3 is 0 Å². The Morgan fingerprint density at radius 2 is 1.93 bits per heavy atom. The number of Topliss-reactive ketones (excluding diaryl/α,β-unsaturated/α-hetero) is 1. The lowest BCUT2D eigenvalue weighted by molar-refractivity contribution is 0.102. The predicted molar refractivity (Wildman–Crippen MR) is 62.3 cm³/mol. The quantitative estimate of drug-likeness (QED) is 0.722. The predicted octanol–water partition coefficient (Wildman–Crippen LogP) is 3.32. The van der Waals surface area contributed by atoms with E-state index in [0.717, 1.165) is 10.6 Å². The maximum atomic E-state index is 11.1. The van der Waals surface area contributed by atoms with Crippen LogP contribution in [0.25, 0.3) is 10.6 Å². The molecule has 0 aliphatic carbocycles. The number of hydrogen-bond acceptors (Lipinski definition) is 3. The zero-order chi connectivity index (χ0) is 10.8. The van der Waals surface area contributed by atoms with E-state index in [2.05, 4.69) is 4.98 Å². The van der Waals surface area contributed by atoms with Crippen LogP contribution in [0.5, 0.6) is 0 Å². The van der Waals surface area contributed by atoms with E-state index in [9.17, 15) is 4.79 Å². The number of thiazole rings is 1. The summed E-state index contributed by atoms with van der Waals surface area (Å²) in [4.78, 5) is 16.1. The molecule has 0 bridgehead atoms. The fourth-order valence-corrected chi connectivity index (χ4v) is 2.08. The molecular formula is C12H11NOS. The lowest BCUT2D eigenvalue weighted by Gasteiger charge is -1.95. The summed E-state index contributed by atoms with van der Waals surface area (Å²) < 4.78 is 0. The van der Waals surface area contributed by atoms with Crippen LogP contribution in [-0.2, 0) is 0 Å².